The number of hydrogen-bond acceptors (Lipinski definition) is 9. The Kier molecular flexibility index (Phi) is 8.20. The van der Waals surface area contributed by atoms with E-state index in [0.717, 1.165) is 6.92 Å². The lowest BCUT2D eigenvalue weighted by molar-refractivity contribution is -0.203. The molecule has 1 aliphatic rings. The van der Waals surface area contributed by atoms with Crippen LogP contribution in [0.4, 0.5) is 46.6 Å². The second kappa shape index (κ2) is 11.1. The maximum Gasteiger partial charge on any atom is 0.425 e. The molecule has 10 nitrogen and oxygen atoms in total. The highest BCUT2D eigenvalue weighted by Crippen LogP contribution is 2.45. The Balaban J connectivity index is 2.00. The Labute approximate surface area is 237 Å². The van der Waals surface area contributed by atoms with Crippen LogP contribution in [-0.2, 0) is 11.0 Å². The third-order valence-corrected chi connectivity index (χ3v) is 6.86. The minimum absolute atomic E-state index is 0.344. The first kappa shape index (κ1) is 31.7. The number of ether oxygens (including phenoxy) is 2. The zero-order valence-electron chi connectivity index (χ0n) is 22.4. The normalized spacial score (nSPS) is 17.9. The molecule has 234 valence electrons. The molecule has 18 heteroatoms. The Morgan fingerprint density at radius 2 is 1.79 bits per heavy atom. The van der Waals surface area contributed by atoms with Crippen LogP contribution in [0.25, 0.3) is 22.2 Å². The predicted octanol–water partition coefficient (Wildman–Crippen LogP) is 4.77. The van der Waals surface area contributed by atoms with E-state index in [1.165, 1.54) is 6.92 Å². The fourth-order valence-corrected chi connectivity index (χ4v) is 4.57. The number of nitrogens with one attached hydrogen (secondary N) is 1. The maximum atomic E-state index is 16.0. The summed E-state index contributed by atoms with van der Waals surface area (Å²) in [4.78, 5) is 21.9. The van der Waals surface area contributed by atoms with Gasteiger partial charge in [-0.1, -0.05) is 0 Å². The standard InChI is InChI=1S/C25H24F8N6O4/c1-9-15(25(31,32)33)10(7-11(34)16(9)26)18-17(27)19-14(20(35)39-22(38-19)42-6-3-13(40)41)21(37-18)43-12(24(28,29)30)8-23(2)4-5-36-23/h7,12,36H,3-6,8,34H2,1-2H3,(H,40,41)(H2,35,38,39). The Bertz CT molecular complexity index is 1580. The summed E-state index contributed by atoms with van der Waals surface area (Å²) in [6.45, 7) is 2.11. The van der Waals surface area contributed by atoms with Crippen molar-refractivity contribution in [3.05, 3.63) is 28.8 Å². The molecule has 4 rings (SSSR count). The van der Waals surface area contributed by atoms with Crippen LogP contribution in [0.3, 0.4) is 0 Å². The van der Waals surface area contributed by atoms with Crippen molar-refractivity contribution in [2.24, 2.45) is 0 Å². The van der Waals surface area contributed by atoms with Crippen LogP contribution in [-0.4, -0.2) is 57.0 Å². The number of anilines is 2. The Morgan fingerprint density at radius 3 is 2.33 bits per heavy atom. The van der Waals surface area contributed by atoms with Gasteiger partial charge in [0.25, 0.3) is 0 Å². The number of alkyl halides is 6. The average Bonchev–Trinajstić information content (AvgIpc) is 2.85. The van der Waals surface area contributed by atoms with Gasteiger partial charge < -0.3 is 31.4 Å². The van der Waals surface area contributed by atoms with Crippen molar-refractivity contribution in [1.29, 1.82) is 0 Å². The van der Waals surface area contributed by atoms with E-state index in [9.17, 15) is 35.5 Å². The molecule has 6 N–H and O–H groups in total. The first-order valence-corrected chi connectivity index (χ1v) is 12.5. The van der Waals surface area contributed by atoms with Crippen LogP contribution >= 0.6 is 0 Å². The van der Waals surface area contributed by atoms with Crippen LogP contribution in [0.5, 0.6) is 11.9 Å². The number of nitrogens with zero attached hydrogens (tertiary/aromatic N) is 3. The fourth-order valence-electron chi connectivity index (χ4n) is 4.57. The highest BCUT2D eigenvalue weighted by molar-refractivity contribution is 5.96. The van der Waals surface area contributed by atoms with E-state index < -0.39 is 118 Å². The van der Waals surface area contributed by atoms with E-state index in [1.807, 2.05) is 0 Å². The predicted molar refractivity (Wildman–Crippen MR) is 135 cm³/mol. The topological polar surface area (TPSA) is 158 Å². The van der Waals surface area contributed by atoms with E-state index in [-0.39, 0.29) is 0 Å². The zero-order valence-corrected chi connectivity index (χ0v) is 22.4. The van der Waals surface area contributed by atoms with Crippen LogP contribution < -0.4 is 26.3 Å². The van der Waals surface area contributed by atoms with Gasteiger partial charge in [-0.15, -0.1) is 0 Å². The lowest BCUT2D eigenvalue weighted by Gasteiger charge is -2.42. The molecule has 0 radical (unpaired) electrons. The number of nitrogens with two attached hydrogens (primary N) is 2. The first-order valence-electron chi connectivity index (χ1n) is 12.5. The van der Waals surface area contributed by atoms with Crippen LogP contribution in [0.2, 0.25) is 0 Å². The summed E-state index contributed by atoms with van der Waals surface area (Å²) >= 11 is 0. The third kappa shape index (κ3) is 6.42. The highest BCUT2D eigenvalue weighted by atomic mass is 19.4. The second-order valence-corrected chi connectivity index (χ2v) is 10.1. The van der Waals surface area contributed by atoms with Gasteiger partial charge >= 0.3 is 24.3 Å². The number of rotatable bonds is 9. The van der Waals surface area contributed by atoms with E-state index in [0.29, 0.717) is 19.0 Å². The molecule has 1 aromatic carbocycles. The number of hydrogen-bond donors (Lipinski definition) is 4. The van der Waals surface area contributed by atoms with Gasteiger partial charge in [-0.2, -0.15) is 36.3 Å². The average molecular weight is 624 g/mol. The molecule has 0 amide bonds. The van der Waals surface area contributed by atoms with Gasteiger partial charge in [-0.05, 0) is 38.4 Å². The summed E-state index contributed by atoms with van der Waals surface area (Å²) in [7, 11) is 0. The number of carbonyl (C=O) groups is 1. The summed E-state index contributed by atoms with van der Waals surface area (Å²) in [5.74, 6) is -6.18. The summed E-state index contributed by atoms with van der Waals surface area (Å²) in [5.41, 5.74) is 3.55. The van der Waals surface area contributed by atoms with Crippen molar-refractivity contribution >= 4 is 28.4 Å². The molecular formula is C25H24F8N6O4. The van der Waals surface area contributed by atoms with Crippen LogP contribution in [0, 0.1) is 18.6 Å². The van der Waals surface area contributed by atoms with Gasteiger partial charge in [0.1, 0.15) is 34.8 Å². The summed E-state index contributed by atoms with van der Waals surface area (Å²) in [5, 5.41) is 10.9. The van der Waals surface area contributed by atoms with E-state index in [2.05, 4.69) is 20.3 Å². The number of halogens is 8. The van der Waals surface area contributed by atoms with E-state index in [1.54, 1.807) is 0 Å². The van der Waals surface area contributed by atoms with Gasteiger partial charge in [0.05, 0.1) is 17.7 Å². The number of aliphatic carboxylic acids is 1. The van der Waals surface area contributed by atoms with Gasteiger partial charge in [-0.25, -0.2) is 13.8 Å². The molecule has 1 aliphatic heterocycles. The molecule has 2 unspecified atom stereocenters. The van der Waals surface area contributed by atoms with E-state index in [4.69, 9.17) is 26.0 Å². The molecule has 0 spiro atoms. The lowest BCUT2D eigenvalue weighted by Crippen LogP contribution is -2.58. The lowest BCUT2D eigenvalue weighted by atomic mass is 9.84. The molecule has 3 heterocycles. The first-order chi connectivity index (χ1) is 19.8. The van der Waals surface area contributed by atoms with Crippen molar-refractivity contribution in [1.82, 2.24) is 20.3 Å². The molecule has 0 aliphatic carbocycles. The molecule has 1 fully saturated rings. The minimum atomic E-state index is -5.30. The maximum absolute atomic E-state index is 16.0. The van der Waals surface area contributed by atoms with Crippen LogP contribution in [0.1, 0.15) is 37.3 Å². The van der Waals surface area contributed by atoms with Gasteiger partial charge in [0.15, 0.2) is 11.9 Å². The zero-order chi connectivity index (χ0) is 32.1. The highest BCUT2D eigenvalue weighted by Gasteiger charge is 2.48. The summed E-state index contributed by atoms with van der Waals surface area (Å²) in [6.07, 6.45) is -13.8. The Morgan fingerprint density at radius 1 is 1.14 bits per heavy atom. The molecule has 1 saturated heterocycles. The number of carboxylic acids is 1. The summed E-state index contributed by atoms with van der Waals surface area (Å²) < 4.78 is 126. The van der Waals surface area contributed by atoms with Crippen molar-refractivity contribution in [2.45, 2.75) is 57.1 Å². The van der Waals surface area contributed by atoms with Crippen molar-refractivity contribution < 1.29 is 54.5 Å². The molecule has 2 atom stereocenters. The van der Waals surface area contributed by atoms with E-state index >= 15 is 4.39 Å². The molecule has 0 saturated carbocycles. The van der Waals surface area contributed by atoms with Gasteiger partial charge in [-0.3, -0.25) is 4.79 Å². The quantitative estimate of drug-likeness (QED) is 0.193. The molecule has 3 aromatic rings. The number of pyridine rings is 1. The smallest absolute Gasteiger partial charge is 0.425 e. The second-order valence-electron chi connectivity index (χ2n) is 10.1. The van der Waals surface area contributed by atoms with Gasteiger partial charge in [0.2, 0.25) is 5.88 Å². The molecular weight excluding hydrogens is 600 g/mol. The van der Waals surface area contributed by atoms with Crippen molar-refractivity contribution in [3.63, 3.8) is 0 Å². The monoisotopic (exact) mass is 624 g/mol. The summed E-state index contributed by atoms with van der Waals surface area (Å²) in [6, 6.07) is -0.306. The number of fused-ring (bicyclic) bond motifs is 1. The molecule has 2 aromatic heterocycles. The number of nitrogen functional groups attached to an aromatic ring is 2. The fraction of sp³-hybridized carbons (Fsp3) is 0.440. The SMILES string of the molecule is Cc1c(F)c(N)cc(-c2nc(OC(CC3(C)CCN3)C(F)(F)F)c3c(N)nc(OCCC(=O)O)nc3c2F)c1C(F)(F)F. The molecule has 43 heavy (non-hydrogen) atoms. The number of benzene rings is 1. The number of aromatic nitrogens is 3. The van der Waals surface area contributed by atoms with Crippen LogP contribution in [0.15, 0.2) is 6.07 Å². The third-order valence-electron chi connectivity index (χ3n) is 6.86. The van der Waals surface area contributed by atoms with Gasteiger partial charge in [0, 0.05) is 17.5 Å². The largest absolute Gasteiger partial charge is 0.481 e. The molecule has 0 bridgehead atoms. The van der Waals surface area contributed by atoms with Crippen molar-refractivity contribution in [2.75, 3.05) is 24.6 Å². The van der Waals surface area contributed by atoms with Crippen molar-refractivity contribution in [3.8, 4) is 23.1 Å². The minimum Gasteiger partial charge on any atom is -0.481 e. The Hall–Kier alpha value is -4.22. The number of carboxylic acid groups (broad SMARTS) is 1.